The number of amides is 1. The Hall–Kier alpha value is -1.43. The van der Waals surface area contributed by atoms with E-state index < -0.39 is 0 Å². The number of carbonyl (C=O) groups is 2. The topological polar surface area (TPSA) is 68.5 Å². The van der Waals surface area contributed by atoms with Crippen LogP contribution in [0.3, 0.4) is 0 Å². The monoisotopic (exact) mass is 405 g/mol. The Balaban J connectivity index is 1.26. The highest BCUT2D eigenvalue weighted by Crippen LogP contribution is 2.61. The summed E-state index contributed by atoms with van der Waals surface area (Å²) in [5.74, 6) is 4.63. The number of hydrogen-bond acceptors (Lipinski definition) is 5. The first kappa shape index (κ1) is 19.9. The molecule has 1 amide bonds. The van der Waals surface area contributed by atoms with Gasteiger partial charge in [0, 0.05) is 6.04 Å². The lowest BCUT2D eigenvalue weighted by atomic mass is 9.48. The van der Waals surface area contributed by atoms with Gasteiger partial charge in [0.1, 0.15) is 17.1 Å². The number of esters is 1. The minimum absolute atomic E-state index is 0.102. The molecule has 1 atom stereocenters. The summed E-state index contributed by atoms with van der Waals surface area (Å²) in [6.45, 7) is 3.97. The van der Waals surface area contributed by atoms with Gasteiger partial charge in [-0.1, -0.05) is 0 Å². The van der Waals surface area contributed by atoms with E-state index in [1.165, 1.54) is 57.4 Å². The summed E-state index contributed by atoms with van der Waals surface area (Å²) in [6, 6.07) is 1.97. The van der Waals surface area contributed by atoms with E-state index in [2.05, 4.69) is 12.2 Å². The maximum Gasteiger partial charge on any atom is 0.341 e. The minimum atomic E-state index is -0.389. The van der Waals surface area contributed by atoms with E-state index in [1.807, 2.05) is 0 Å². The molecule has 0 aromatic carbocycles. The zero-order chi connectivity index (χ0) is 19.9. The van der Waals surface area contributed by atoms with E-state index in [0.29, 0.717) is 34.0 Å². The molecular weight excluding hydrogens is 374 g/mol. The van der Waals surface area contributed by atoms with Crippen LogP contribution < -0.4 is 5.32 Å². The number of methoxy groups -OCH3 is 1. The van der Waals surface area contributed by atoms with Crippen LogP contribution in [0, 0.1) is 30.1 Å². The number of carbonyl (C=O) groups excluding carboxylic acids is 2. The third kappa shape index (κ3) is 3.85. The molecule has 0 unspecified atom stereocenters. The lowest BCUT2D eigenvalue weighted by molar-refractivity contribution is -0.123. The lowest BCUT2D eigenvalue weighted by Crippen LogP contribution is -2.56. The number of thioether (sulfide) groups is 1. The van der Waals surface area contributed by atoms with Crippen molar-refractivity contribution < 1.29 is 18.7 Å². The molecule has 4 aliphatic rings. The summed E-state index contributed by atoms with van der Waals surface area (Å²) in [5.41, 5.74) is 0.792. The highest BCUT2D eigenvalue weighted by atomic mass is 32.2. The summed E-state index contributed by atoms with van der Waals surface area (Å²) < 4.78 is 10.4. The molecule has 4 saturated carbocycles. The van der Waals surface area contributed by atoms with Gasteiger partial charge in [0.2, 0.25) is 5.91 Å². The van der Waals surface area contributed by atoms with Gasteiger partial charge in [0.05, 0.1) is 18.6 Å². The van der Waals surface area contributed by atoms with Gasteiger partial charge < -0.3 is 14.5 Å². The van der Waals surface area contributed by atoms with Gasteiger partial charge in [0.25, 0.3) is 0 Å². The Morgan fingerprint density at radius 1 is 1.25 bits per heavy atom. The van der Waals surface area contributed by atoms with E-state index in [9.17, 15) is 9.59 Å². The van der Waals surface area contributed by atoms with Gasteiger partial charge in [-0.3, -0.25) is 4.79 Å². The van der Waals surface area contributed by atoms with Crippen LogP contribution in [0.1, 0.15) is 67.3 Å². The second-order valence-electron chi connectivity index (χ2n) is 9.24. The second-order valence-corrected chi connectivity index (χ2v) is 10.2. The smallest absolute Gasteiger partial charge is 0.341 e. The van der Waals surface area contributed by atoms with Crippen LogP contribution in [0.4, 0.5) is 0 Å². The molecule has 1 N–H and O–H groups in total. The number of aryl methyl sites for hydroxylation is 1. The average Bonchev–Trinajstić information content (AvgIpc) is 3.00. The first-order valence-electron chi connectivity index (χ1n) is 10.4. The number of rotatable bonds is 7. The Morgan fingerprint density at radius 3 is 2.43 bits per heavy atom. The number of nitrogens with one attached hydrogen (secondary N) is 1. The predicted molar refractivity (Wildman–Crippen MR) is 109 cm³/mol. The van der Waals surface area contributed by atoms with Crippen LogP contribution in [-0.4, -0.2) is 30.8 Å². The fraction of sp³-hybridized carbons (Fsp3) is 0.727. The SMILES string of the molecule is COC(=O)c1cc(CSCC(=O)N[C@@H](C)C23CC4CC(CC(C4)C2)C3)oc1C. The number of furan rings is 1. The van der Waals surface area contributed by atoms with Crippen molar-refractivity contribution in [2.75, 3.05) is 12.9 Å². The molecule has 6 heteroatoms. The second kappa shape index (κ2) is 7.77. The number of hydrogen-bond donors (Lipinski definition) is 1. The summed E-state index contributed by atoms with van der Waals surface area (Å²) in [5, 5.41) is 3.30. The molecule has 5 rings (SSSR count). The van der Waals surface area contributed by atoms with Gasteiger partial charge >= 0.3 is 5.97 Å². The Morgan fingerprint density at radius 2 is 1.86 bits per heavy atom. The van der Waals surface area contributed by atoms with Crippen LogP contribution in [0.25, 0.3) is 0 Å². The van der Waals surface area contributed by atoms with Gasteiger partial charge in [-0.25, -0.2) is 4.79 Å². The molecule has 0 saturated heterocycles. The zero-order valence-corrected chi connectivity index (χ0v) is 17.9. The third-order valence-electron chi connectivity index (χ3n) is 7.23. The minimum Gasteiger partial charge on any atom is -0.465 e. The molecule has 4 bridgehead atoms. The summed E-state index contributed by atoms with van der Waals surface area (Å²) >= 11 is 1.52. The molecule has 1 heterocycles. The van der Waals surface area contributed by atoms with Crippen molar-refractivity contribution in [3.05, 3.63) is 23.2 Å². The third-order valence-corrected chi connectivity index (χ3v) is 8.19. The fourth-order valence-electron chi connectivity index (χ4n) is 6.32. The molecule has 4 fully saturated rings. The molecule has 1 aromatic heterocycles. The van der Waals surface area contributed by atoms with Crippen LogP contribution >= 0.6 is 11.8 Å². The summed E-state index contributed by atoms with van der Waals surface area (Å²) in [6.07, 6.45) is 8.17. The van der Waals surface area contributed by atoms with Gasteiger partial charge in [-0.15, -0.1) is 11.8 Å². The highest BCUT2D eigenvalue weighted by molar-refractivity contribution is 7.99. The van der Waals surface area contributed by atoms with Crippen molar-refractivity contribution in [2.24, 2.45) is 23.2 Å². The highest BCUT2D eigenvalue weighted by Gasteiger charge is 2.53. The van der Waals surface area contributed by atoms with Crippen molar-refractivity contribution in [3.8, 4) is 0 Å². The first-order valence-corrected chi connectivity index (χ1v) is 11.6. The van der Waals surface area contributed by atoms with E-state index in [4.69, 9.17) is 9.15 Å². The number of ether oxygens (including phenoxy) is 1. The molecule has 28 heavy (non-hydrogen) atoms. The van der Waals surface area contributed by atoms with E-state index in [1.54, 1.807) is 13.0 Å². The largest absolute Gasteiger partial charge is 0.465 e. The van der Waals surface area contributed by atoms with Crippen LogP contribution in [0.5, 0.6) is 0 Å². The molecular formula is C22H31NO4S. The van der Waals surface area contributed by atoms with E-state index >= 15 is 0 Å². The Kier molecular flexibility index (Phi) is 5.51. The quantitative estimate of drug-likeness (QED) is 0.684. The lowest BCUT2D eigenvalue weighted by Gasteiger charge is -2.59. The van der Waals surface area contributed by atoms with Gasteiger partial charge in [-0.05, 0) is 81.6 Å². The summed E-state index contributed by atoms with van der Waals surface area (Å²) in [4.78, 5) is 24.2. The molecule has 4 aliphatic carbocycles. The first-order chi connectivity index (χ1) is 13.4. The summed E-state index contributed by atoms with van der Waals surface area (Å²) in [7, 11) is 1.36. The molecule has 5 nitrogen and oxygen atoms in total. The van der Waals surface area contributed by atoms with Gasteiger partial charge in [0.15, 0.2) is 0 Å². The Bertz CT molecular complexity index is 720. The molecule has 0 aliphatic heterocycles. The molecule has 1 aromatic rings. The predicted octanol–water partition coefficient (Wildman–Crippen LogP) is 4.33. The van der Waals surface area contributed by atoms with Crippen molar-refractivity contribution in [3.63, 3.8) is 0 Å². The van der Waals surface area contributed by atoms with Crippen LogP contribution in [-0.2, 0) is 15.3 Å². The van der Waals surface area contributed by atoms with Crippen LogP contribution in [0.2, 0.25) is 0 Å². The van der Waals surface area contributed by atoms with Crippen molar-refractivity contribution in [1.82, 2.24) is 5.32 Å². The standard InChI is InChI=1S/C22H31NO4S/c1-13-19(21(25)26-3)7-18(27-13)11-28-12-20(24)23-14(2)22-8-15-4-16(9-22)6-17(5-15)10-22/h7,14-17H,4-6,8-12H2,1-3H3,(H,23,24)/t14-,15?,16?,17?,22?/m0/s1. The average molecular weight is 406 g/mol. The van der Waals surface area contributed by atoms with E-state index in [0.717, 1.165) is 17.8 Å². The fourth-order valence-corrected chi connectivity index (χ4v) is 7.03. The molecule has 0 radical (unpaired) electrons. The van der Waals surface area contributed by atoms with Crippen molar-refractivity contribution >= 4 is 23.6 Å². The van der Waals surface area contributed by atoms with Gasteiger partial charge in [-0.2, -0.15) is 0 Å². The molecule has 154 valence electrons. The van der Waals surface area contributed by atoms with Crippen LogP contribution in [0.15, 0.2) is 10.5 Å². The van der Waals surface area contributed by atoms with Crippen molar-refractivity contribution in [2.45, 2.75) is 64.2 Å². The van der Waals surface area contributed by atoms with Crippen molar-refractivity contribution in [1.29, 1.82) is 0 Å². The normalized spacial score (nSPS) is 31.6. The Labute approximate surface area is 171 Å². The molecule has 0 spiro atoms. The zero-order valence-electron chi connectivity index (χ0n) is 17.1. The maximum absolute atomic E-state index is 12.5. The maximum atomic E-state index is 12.5. The van der Waals surface area contributed by atoms with E-state index in [-0.39, 0.29) is 17.9 Å².